The molecule has 2 aromatic carbocycles. The highest BCUT2D eigenvalue weighted by Crippen LogP contribution is 2.22. The summed E-state index contributed by atoms with van der Waals surface area (Å²) in [4.78, 5) is 0.361. The van der Waals surface area contributed by atoms with Gasteiger partial charge in [0.2, 0.25) is 4.80 Å². The van der Waals surface area contributed by atoms with Crippen LogP contribution in [-0.4, -0.2) is 18.0 Å². The Morgan fingerprint density at radius 1 is 1.13 bits per heavy atom. The summed E-state index contributed by atoms with van der Waals surface area (Å²) >= 11 is 7.26. The van der Waals surface area contributed by atoms with Gasteiger partial charge >= 0.3 is 0 Å². The molecular formula is C17H14ClN3OS. The van der Waals surface area contributed by atoms with Gasteiger partial charge in [0, 0.05) is 16.0 Å². The number of hydrogen-bond donors (Lipinski definition) is 1. The van der Waals surface area contributed by atoms with Crippen molar-refractivity contribution in [1.29, 1.82) is 5.41 Å². The van der Waals surface area contributed by atoms with Crippen LogP contribution in [0.1, 0.15) is 5.56 Å². The first-order chi connectivity index (χ1) is 11.2. The molecule has 1 N–H and O–H groups in total. The molecule has 0 amide bonds. The number of ether oxygens (including phenoxy) is 1. The molecule has 4 nitrogen and oxygen atoms in total. The van der Waals surface area contributed by atoms with Gasteiger partial charge in [-0.05, 0) is 42.0 Å². The molecule has 0 saturated heterocycles. The van der Waals surface area contributed by atoms with Crippen molar-refractivity contribution in [3.8, 4) is 17.0 Å². The van der Waals surface area contributed by atoms with Gasteiger partial charge in [-0.1, -0.05) is 23.7 Å². The number of methoxy groups -OCH3 is 1. The molecule has 6 heteroatoms. The van der Waals surface area contributed by atoms with Crippen LogP contribution in [0, 0.1) is 5.41 Å². The third-order valence-electron chi connectivity index (χ3n) is 3.28. The maximum absolute atomic E-state index is 8.03. The molecule has 3 aromatic rings. The van der Waals surface area contributed by atoms with Gasteiger partial charge < -0.3 is 4.74 Å². The van der Waals surface area contributed by atoms with Crippen molar-refractivity contribution in [3.63, 3.8) is 0 Å². The standard InChI is InChI=1S/C17H14ClN3OS/c1-22-15-8-2-12(3-9-15)10-20-21-16(11-23-17(21)19)13-4-6-14(18)7-5-13/h2-11,19H,1H3. The molecule has 116 valence electrons. The van der Waals surface area contributed by atoms with E-state index in [-0.39, 0.29) is 0 Å². The average molecular weight is 344 g/mol. The monoisotopic (exact) mass is 343 g/mol. The molecule has 23 heavy (non-hydrogen) atoms. The summed E-state index contributed by atoms with van der Waals surface area (Å²) in [5.74, 6) is 0.799. The topological polar surface area (TPSA) is 50.4 Å². The van der Waals surface area contributed by atoms with Crippen LogP contribution in [0.3, 0.4) is 0 Å². The lowest BCUT2D eigenvalue weighted by molar-refractivity contribution is 0.415. The van der Waals surface area contributed by atoms with Crippen molar-refractivity contribution >= 4 is 29.2 Å². The molecule has 0 unspecified atom stereocenters. The lowest BCUT2D eigenvalue weighted by Crippen LogP contribution is -2.09. The quantitative estimate of drug-likeness (QED) is 0.708. The zero-order valence-electron chi connectivity index (χ0n) is 12.4. The summed E-state index contributed by atoms with van der Waals surface area (Å²) in [5, 5.41) is 15.1. The normalized spacial score (nSPS) is 11.0. The zero-order chi connectivity index (χ0) is 16.2. The Kier molecular flexibility index (Phi) is 4.60. The second kappa shape index (κ2) is 6.81. The Bertz CT molecular complexity index is 879. The van der Waals surface area contributed by atoms with E-state index in [1.807, 2.05) is 53.9 Å². The van der Waals surface area contributed by atoms with Crippen LogP contribution in [0.15, 0.2) is 59.0 Å². The Balaban J connectivity index is 1.93. The van der Waals surface area contributed by atoms with Crippen molar-refractivity contribution in [2.45, 2.75) is 0 Å². The highest BCUT2D eigenvalue weighted by atomic mass is 35.5. The van der Waals surface area contributed by atoms with E-state index in [4.69, 9.17) is 21.7 Å². The Morgan fingerprint density at radius 2 is 1.83 bits per heavy atom. The van der Waals surface area contributed by atoms with Gasteiger partial charge in [0.1, 0.15) is 5.75 Å². The van der Waals surface area contributed by atoms with Crippen LogP contribution >= 0.6 is 22.9 Å². The van der Waals surface area contributed by atoms with E-state index in [9.17, 15) is 0 Å². The van der Waals surface area contributed by atoms with Crippen LogP contribution in [-0.2, 0) is 0 Å². The number of halogens is 1. The van der Waals surface area contributed by atoms with Gasteiger partial charge in [-0.15, -0.1) is 11.3 Å². The second-order valence-corrected chi connectivity index (χ2v) is 6.06. The summed E-state index contributed by atoms with van der Waals surface area (Å²) in [6.45, 7) is 0. The minimum Gasteiger partial charge on any atom is -0.497 e. The molecule has 0 aliphatic carbocycles. The number of aromatic nitrogens is 1. The van der Waals surface area contributed by atoms with Gasteiger partial charge in [0.05, 0.1) is 19.0 Å². The smallest absolute Gasteiger partial charge is 0.203 e. The number of benzene rings is 2. The van der Waals surface area contributed by atoms with Crippen LogP contribution in [0.4, 0.5) is 0 Å². The zero-order valence-corrected chi connectivity index (χ0v) is 13.9. The van der Waals surface area contributed by atoms with Crippen LogP contribution < -0.4 is 9.54 Å². The third kappa shape index (κ3) is 3.52. The number of thiazole rings is 1. The van der Waals surface area contributed by atoms with E-state index in [1.54, 1.807) is 18.0 Å². The van der Waals surface area contributed by atoms with Crippen molar-refractivity contribution in [1.82, 2.24) is 4.68 Å². The highest BCUT2D eigenvalue weighted by Gasteiger charge is 2.06. The minimum atomic E-state index is 0.361. The maximum Gasteiger partial charge on any atom is 0.203 e. The van der Waals surface area contributed by atoms with E-state index in [1.165, 1.54) is 11.3 Å². The van der Waals surface area contributed by atoms with E-state index in [0.717, 1.165) is 22.6 Å². The van der Waals surface area contributed by atoms with Crippen molar-refractivity contribution in [2.24, 2.45) is 5.10 Å². The van der Waals surface area contributed by atoms with E-state index >= 15 is 0 Å². The predicted octanol–water partition coefficient (Wildman–Crippen LogP) is 4.24. The molecule has 3 rings (SSSR count). The third-order valence-corrected chi connectivity index (χ3v) is 4.27. The molecule has 0 spiro atoms. The molecule has 0 radical (unpaired) electrons. The first kappa shape index (κ1) is 15.5. The molecule has 0 fully saturated rings. The first-order valence-electron chi connectivity index (χ1n) is 6.87. The minimum absolute atomic E-state index is 0.361. The summed E-state index contributed by atoms with van der Waals surface area (Å²) in [7, 11) is 1.63. The number of nitrogens with zero attached hydrogens (tertiary/aromatic N) is 2. The fourth-order valence-corrected chi connectivity index (χ4v) is 2.89. The van der Waals surface area contributed by atoms with E-state index in [0.29, 0.717) is 9.82 Å². The summed E-state index contributed by atoms with van der Waals surface area (Å²) in [6.07, 6.45) is 1.73. The van der Waals surface area contributed by atoms with Crippen molar-refractivity contribution in [3.05, 3.63) is 69.3 Å². The summed E-state index contributed by atoms with van der Waals surface area (Å²) < 4.78 is 6.75. The molecule has 0 atom stereocenters. The number of rotatable bonds is 4. The molecule has 1 aromatic heterocycles. The second-order valence-electron chi connectivity index (χ2n) is 4.76. The lowest BCUT2D eigenvalue weighted by Gasteiger charge is -2.03. The van der Waals surface area contributed by atoms with Crippen LogP contribution in [0.5, 0.6) is 5.75 Å². The first-order valence-corrected chi connectivity index (χ1v) is 8.12. The molecule has 0 bridgehead atoms. The van der Waals surface area contributed by atoms with Gasteiger partial charge in [0.25, 0.3) is 0 Å². The Labute approximate surface area is 142 Å². The van der Waals surface area contributed by atoms with E-state index < -0.39 is 0 Å². The largest absolute Gasteiger partial charge is 0.497 e. The van der Waals surface area contributed by atoms with Crippen LogP contribution in [0.25, 0.3) is 11.3 Å². The maximum atomic E-state index is 8.03. The fraction of sp³-hybridized carbons (Fsp3) is 0.0588. The Hall–Kier alpha value is -2.37. The predicted molar refractivity (Wildman–Crippen MR) is 94.6 cm³/mol. The molecule has 0 aliphatic rings. The highest BCUT2D eigenvalue weighted by molar-refractivity contribution is 7.07. The van der Waals surface area contributed by atoms with E-state index in [2.05, 4.69) is 5.10 Å². The number of hydrogen-bond acceptors (Lipinski definition) is 4. The fourth-order valence-electron chi connectivity index (χ4n) is 2.06. The SMILES string of the molecule is COc1ccc(C=Nn2c(-c3ccc(Cl)cc3)csc2=N)cc1. The lowest BCUT2D eigenvalue weighted by atomic mass is 10.2. The van der Waals surface area contributed by atoms with Gasteiger partial charge in [-0.2, -0.15) is 5.10 Å². The molecule has 0 aliphatic heterocycles. The van der Waals surface area contributed by atoms with Gasteiger partial charge in [-0.3, -0.25) is 5.41 Å². The van der Waals surface area contributed by atoms with Gasteiger partial charge in [-0.25, -0.2) is 4.68 Å². The Morgan fingerprint density at radius 3 is 2.48 bits per heavy atom. The summed E-state index contributed by atoms with van der Waals surface area (Å²) in [6, 6.07) is 15.1. The summed E-state index contributed by atoms with van der Waals surface area (Å²) in [5.41, 5.74) is 2.77. The molecule has 1 heterocycles. The van der Waals surface area contributed by atoms with Crippen molar-refractivity contribution in [2.75, 3.05) is 7.11 Å². The average Bonchev–Trinajstić information content (AvgIpc) is 2.95. The van der Waals surface area contributed by atoms with Crippen molar-refractivity contribution < 1.29 is 4.74 Å². The van der Waals surface area contributed by atoms with Crippen LogP contribution in [0.2, 0.25) is 5.02 Å². The molecular weight excluding hydrogens is 330 g/mol. The molecule has 0 saturated carbocycles. The number of nitrogens with one attached hydrogen (secondary N) is 1. The van der Waals surface area contributed by atoms with Gasteiger partial charge in [0.15, 0.2) is 0 Å².